The number of aryl methyl sites for hydroxylation is 1. The Morgan fingerprint density at radius 3 is 2.58 bits per heavy atom. The molecule has 118 valence electrons. The van der Waals surface area contributed by atoms with Crippen LogP contribution in [-0.4, -0.2) is 19.7 Å². The molecule has 5 nitrogen and oxygen atoms in total. The highest BCUT2D eigenvalue weighted by Crippen LogP contribution is 2.26. The van der Waals surface area contributed by atoms with E-state index >= 15 is 0 Å². The predicted octanol–water partition coefficient (Wildman–Crippen LogP) is 4.12. The van der Waals surface area contributed by atoms with Crippen molar-refractivity contribution in [3.8, 4) is 5.69 Å². The number of nitrogens with one attached hydrogen (secondary N) is 1. The molecule has 4 aromatic rings. The lowest BCUT2D eigenvalue weighted by Gasteiger charge is -2.10. The van der Waals surface area contributed by atoms with E-state index in [9.17, 15) is 0 Å². The Morgan fingerprint density at radius 2 is 1.75 bits per heavy atom. The SMILES string of the molecule is CCc1ccccc1Nc1ncnc2c1cnn2-c1ccccc1. The van der Waals surface area contributed by atoms with E-state index in [1.54, 1.807) is 12.5 Å². The maximum atomic E-state index is 4.48. The van der Waals surface area contributed by atoms with E-state index in [-0.39, 0.29) is 0 Å². The molecule has 0 unspecified atom stereocenters. The van der Waals surface area contributed by atoms with Crippen LogP contribution in [-0.2, 0) is 6.42 Å². The summed E-state index contributed by atoms with van der Waals surface area (Å²) in [6, 6.07) is 18.2. The first-order valence-corrected chi connectivity index (χ1v) is 7.96. The van der Waals surface area contributed by atoms with Gasteiger partial charge in [0.1, 0.15) is 12.1 Å². The Hall–Kier alpha value is -3.21. The third-order valence-electron chi connectivity index (χ3n) is 4.02. The fraction of sp³-hybridized carbons (Fsp3) is 0.105. The molecule has 0 saturated heterocycles. The number of hydrogen-bond donors (Lipinski definition) is 1. The second-order valence-electron chi connectivity index (χ2n) is 5.49. The van der Waals surface area contributed by atoms with Crippen molar-refractivity contribution in [1.29, 1.82) is 0 Å². The third kappa shape index (κ3) is 2.50. The van der Waals surface area contributed by atoms with E-state index in [1.165, 1.54) is 5.56 Å². The normalized spacial score (nSPS) is 10.9. The molecule has 0 spiro atoms. The topological polar surface area (TPSA) is 55.6 Å². The fourth-order valence-electron chi connectivity index (χ4n) is 2.78. The summed E-state index contributed by atoms with van der Waals surface area (Å²) < 4.78 is 1.83. The molecule has 0 amide bonds. The van der Waals surface area contributed by atoms with Gasteiger partial charge >= 0.3 is 0 Å². The molecule has 0 atom stereocenters. The minimum atomic E-state index is 0.767. The zero-order valence-corrected chi connectivity index (χ0v) is 13.3. The Labute approximate surface area is 140 Å². The smallest absolute Gasteiger partial charge is 0.168 e. The van der Waals surface area contributed by atoms with Gasteiger partial charge in [-0.3, -0.25) is 0 Å². The van der Waals surface area contributed by atoms with Crippen molar-refractivity contribution in [2.24, 2.45) is 0 Å². The average Bonchev–Trinajstić information content (AvgIpc) is 3.08. The molecular weight excluding hydrogens is 298 g/mol. The Kier molecular flexibility index (Phi) is 3.67. The maximum absolute atomic E-state index is 4.48. The number of rotatable bonds is 4. The lowest BCUT2D eigenvalue weighted by Crippen LogP contribution is -2.00. The molecule has 5 heteroatoms. The minimum absolute atomic E-state index is 0.767. The summed E-state index contributed by atoms with van der Waals surface area (Å²) in [5.74, 6) is 0.767. The Bertz CT molecular complexity index is 975. The lowest BCUT2D eigenvalue weighted by molar-refractivity contribution is 0.895. The van der Waals surface area contributed by atoms with Crippen LogP contribution in [0.2, 0.25) is 0 Å². The summed E-state index contributed by atoms with van der Waals surface area (Å²) in [5, 5.41) is 8.81. The van der Waals surface area contributed by atoms with Crippen molar-refractivity contribution in [3.63, 3.8) is 0 Å². The van der Waals surface area contributed by atoms with E-state index in [4.69, 9.17) is 0 Å². The summed E-state index contributed by atoms with van der Waals surface area (Å²) in [6.07, 6.45) is 4.33. The highest BCUT2D eigenvalue weighted by Gasteiger charge is 2.12. The second kappa shape index (κ2) is 6.12. The van der Waals surface area contributed by atoms with Crippen LogP contribution in [0.15, 0.2) is 67.1 Å². The third-order valence-corrected chi connectivity index (χ3v) is 4.02. The van der Waals surface area contributed by atoms with Crippen LogP contribution in [0.1, 0.15) is 12.5 Å². The van der Waals surface area contributed by atoms with Crippen LogP contribution in [0.25, 0.3) is 16.7 Å². The molecule has 0 fully saturated rings. The Morgan fingerprint density at radius 1 is 0.958 bits per heavy atom. The molecule has 4 rings (SSSR count). The fourth-order valence-corrected chi connectivity index (χ4v) is 2.78. The molecule has 2 aromatic heterocycles. The molecule has 24 heavy (non-hydrogen) atoms. The van der Waals surface area contributed by atoms with Crippen molar-refractivity contribution in [2.75, 3.05) is 5.32 Å². The van der Waals surface area contributed by atoms with Gasteiger partial charge in [0, 0.05) is 5.69 Å². The van der Waals surface area contributed by atoms with Crippen molar-refractivity contribution >= 4 is 22.5 Å². The van der Waals surface area contributed by atoms with Gasteiger partial charge in [0.15, 0.2) is 5.65 Å². The average molecular weight is 315 g/mol. The summed E-state index contributed by atoms with van der Waals surface area (Å²) in [5.41, 5.74) is 4.07. The number of benzene rings is 2. The van der Waals surface area contributed by atoms with Gasteiger partial charge in [0.25, 0.3) is 0 Å². The van der Waals surface area contributed by atoms with Crippen molar-refractivity contribution in [2.45, 2.75) is 13.3 Å². The molecule has 1 N–H and O–H groups in total. The lowest BCUT2D eigenvalue weighted by atomic mass is 10.1. The molecule has 2 heterocycles. The van der Waals surface area contributed by atoms with Crippen LogP contribution in [0.3, 0.4) is 0 Å². The maximum Gasteiger partial charge on any atom is 0.168 e. The van der Waals surface area contributed by atoms with Crippen LogP contribution >= 0.6 is 0 Å². The van der Waals surface area contributed by atoms with Crippen molar-refractivity contribution in [3.05, 3.63) is 72.7 Å². The van der Waals surface area contributed by atoms with E-state index in [1.807, 2.05) is 47.1 Å². The summed E-state index contributed by atoms with van der Waals surface area (Å²) in [6.45, 7) is 2.14. The molecule has 0 aliphatic heterocycles. The number of fused-ring (bicyclic) bond motifs is 1. The summed E-state index contributed by atoms with van der Waals surface area (Å²) >= 11 is 0. The van der Waals surface area contributed by atoms with E-state index in [0.717, 1.165) is 34.6 Å². The number of para-hydroxylation sites is 2. The molecule has 0 aliphatic rings. The van der Waals surface area contributed by atoms with Gasteiger partial charge in [-0.15, -0.1) is 0 Å². The molecule has 0 radical (unpaired) electrons. The quantitative estimate of drug-likeness (QED) is 0.615. The zero-order chi connectivity index (χ0) is 16.4. The molecule has 0 aliphatic carbocycles. The minimum Gasteiger partial charge on any atom is -0.339 e. The van der Waals surface area contributed by atoms with Crippen LogP contribution in [0, 0.1) is 0 Å². The first-order valence-electron chi connectivity index (χ1n) is 7.96. The van der Waals surface area contributed by atoms with Gasteiger partial charge in [0.2, 0.25) is 0 Å². The summed E-state index contributed by atoms with van der Waals surface area (Å²) in [7, 11) is 0. The number of aromatic nitrogens is 4. The van der Waals surface area contributed by atoms with E-state index < -0.39 is 0 Å². The first-order chi connectivity index (χ1) is 11.9. The number of nitrogens with zero attached hydrogens (tertiary/aromatic N) is 4. The summed E-state index contributed by atoms with van der Waals surface area (Å²) in [4.78, 5) is 8.82. The van der Waals surface area contributed by atoms with Crippen molar-refractivity contribution < 1.29 is 0 Å². The second-order valence-corrected chi connectivity index (χ2v) is 5.49. The molecule has 0 saturated carbocycles. The highest BCUT2D eigenvalue weighted by molar-refractivity contribution is 5.89. The Balaban J connectivity index is 1.79. The molecule has 0 bridgehead atoms. The van der Waals surface area contributed by atoms with Gasteiger partial charge in [-0.25, -0.2) is 14.6 Å². The zero-order valence-electron chi connectivity index (χ0n) is 13.3. The van der Waals surface area contributed by atoms with Gasteiger partial charge in [0.05, 0.1) is 17.3 Å². The van der Waals surface area contributed by atoms with Gasteiger partial charge in [-0.2, -0.15) is 5.10 Å². The standard InChI is InChI=1S/C19H17N5/c1-2-14-8-6-7-11-17(14)23-18-16-12-22-24(19(16)21-13-20-18)15-9-4-3-5-10-15/h3-13H,2H2,1H3,(H,20,21,23). The van der Waals surface area contributed by atoms with Gasteiger partial charge in [-0.05, 0) is 30.2 Å². The monoisotopic (exact) mass is 315 g/mol. The van der Waals surface area contributed by atoms with Crippen LogP contribution in [0.4, 0.5) is 11.5 Å². The van der Waals surface area contributed by atoms with Crippen molar-refractivity contribution in [1.82, 2.24) is 19.7 Å². The van der Waals surface area contributed by atoms with Crippen LogP contribution < -0.4 is 5.32 Å². The highest BCUT2D eigenvalue weighted by atomic mass is 15.3. The number of anilines is 2. The molecular formula is C19H17N5. The largest absolute Gasteiger partial charge is 0.339 e. The van der Waals surface area contributed by atoms with E-state index in [2.05, 4.69) is 39.4 Å². The molecule has 2 aromatic carbocycles. The first kappa shape index (κ1) is 14.4. The predicted molar refractivity (Wildman–Crippen MR) is 95.8 cm³/mol. The van der Waals surface area contributed by atoms with E-state index in [0.29, 0.717) is 0 Å². The van der Waals surface area contributed by atoms with Gasteiger partial charge in [-0.1, -0.05) is 43.3 Å². The van der Waals surface area contributed by atoms with Gasteiger partial charge < -0.3 is 5.32 Å². The number of hydrogen-bond acceptors (Lipinski definition) is 4. The van der Waals surface area contributed by atoms with Crippen LogP contribution in [0.5, 0.6) is 0 Å².